The molecule has 3 rings (SSSR count). The van der Waals surface area contributed by atoms with E-state index in [0.717, 1.165) is 22.2 Å². The van der Waals surface area contributed by atoms with Crippen LogP contribution in [-0.4, -0.2) is 25.1 Å². The number of hydrogen-bond donors (Lipinski definition) is 0. The van der Waals surface area contributed by atoms with Crippen LogP contribution in [0.5, 0.6) is 11.5 Å². The number of fused-ring (bicyclic) bond motifs is 1. The fourth-order valence-electron chi connectivity index (χ4n) is 2.45. The molecule has 1 aromatic rings. The largest absolute Gasteiger partial charge is 0.454 e. The first-order valence-electron chi connectivity index (χ1n) is 6.46. The second-order valence-electron chi connectivity index (χ2n) is 4.84. The summed E-state index contributed by atoms with van der Waals surface area (Å²) in [6.45, 7) is 0.291. The number of carbonyl (C=O) groups is 1. The fourth-order valence-corrected chi connectivity index (χ4v) is 3.58. The van der Waals surface area contributed by atoms with Crippen LogP contribution in [0.4, 0.5) is 0 Å². The molecule has 106 valence electrons. The number of rotatable bonds is 5. The normalized spacial score (nSPS) is 22.5. The maximum absolute atomic E-state index is 12.2. The van der Waals surface area contributed by atoms with Crippen molar-refractivity contribution in [1.82, 2.24) is 0 Å². The summed E-state index contributed by atoms with van der Waals surface area (Å²) < 4.78 is 11.8. The highest BCUT2D eigenvalue weighted by atomic mass is 32.2. The van der Waals surface area contributed by atoms with Gasteiger partial charge in [0.25, 0.3) is 0 Å². The molecule has 1 heterocycles. The van der Waals surface area contributed by atoms with Crippen molar-refractivity contribution in [3.05, 3.63) is 34.1 Å². The number of carbonyl (C=O) groups excluding carboxylic acids is 1. The lowest BCUT2D eigenvalue weighted by atomic mass is 10.1. The van der Waals surface area contributed by atoms with Gasteiger partial charge in [-0.3, -0.25) is 4.79 Å². The summed E-state index contributed by atoms with van der Waals surface area (Å²) in [5, 5.41) is 0. The number of thioether (sulfide) groups is 2. The van der Waals surface area contributed by atoms with Crippen molar-refractivity contribution < 1.29 is 14.3 Å². The Morgan fingerprint density at radius 2 is 2.00 bits per heavy atom. The lowest BCUT2D eigenvalue weighted by Gasteiger charge is -2.02. The number of benzene rings is 1. The first kappa shape index (κ1) is 13.9. The van der Waals surface area contributed by atoms with E-state index in [2.05, 4.69) is 0 Å². The molecule has 0 spiro atoms. The SMILES string of the molecule is CSC(=CC(=O)C1CC1c1ccc2c(c1)OCO2)SC. The van der Waals surface area contributed by atoms with Crippen molar-refractivity contribution >= 4 is 29.3 Å². The topological polar surface area (TPSA) is 35.5 Å². The highest BCUT2D eigenvalue weighted by Gasteiger charge is 2.43. The summed E-state index contributed by atoms with van der Waals surface area (Å²) in [5.41, 5.74) is 1.18. The standard InChI is InChI=1S/C15H16O3S2/c1-19-15(20-2)7-12(16)11-6-10(11)9-3-4-13-14(5-9)18-8-17-13/h3-5,7,10-11H,6,8H2,1-2H3. The molecule has 0 saturated heterocycles. The average molecular weight is 308 g/mol. The van der Waals surface area contributed by atoms with E-state index in [0.29, 0.717) is 12.7 Å². The van der Waals surface area contributed by atoms with Gasteiger partial charge < -0.3 is 9.47 Å². The minimum atomic E-state index is 0.129. The molecule has 2 atom stereocenters. The minimum Gasteiger partial charge on any atom is -0.454 e. The van der Waals surface area contributed by atoms with Crippen LogP contribution >= 0.6 is 23.5 Å². The highest BCUT2D eigenvalue weighted by molar-refractivity contribution is 8.21. The second-order valence-corrected chi connectivity index (χ2v) is 6.79. The van der Waals surface area contributed by atoms with E-state index < -0.39 is 0 Å². The maximum atomic E-state index is 12.2. The highest BCUT2D eigenvalue weighted by Crippen LogP contribution is 2.50. The van der Waals surface area contributed by atoms with Crippen LogP contribution in [0.3, 0.4) is 0 Å². The Hall–Kier alpha value is -1.07. The predicted octanol–water partition coefficient (Wildman–Crippen LogP) is 3.66. The van der Waals surface area contributed by atoms with Crippen molar-refractivity contribution in [3.8, 4) is 11.5 Å². The van der Waals surface area contributed by atoms with Crippen molar-refractivity contribution in [3.63, 3.8) is 0 Å². The van der Waals surface area contributed by atoms with Crippen molar-refractivity contribution in [2.75, 3.05) is 19.3 Å². The van der Waals surface area contributed by atoms with Gasteiger partial charge in [-0.1, -0.05) is 6.07 Å². The second kappa shape index (κ2) is 5.74. The van der Waals surface area contributed by atoms with E-state index in [1.165, 1.54) is 5.56 Å². The van der Waals surface area contributed by atoms with E-state index in [1.54, 1.807) is 29.6 Å². The molecule has 2 aliphatic rings. The quantitative estimate of drug-likeness (QED) is 0.776. The Bertz CT molecular complexity index is 562. The Balaban J connectivity index is 1.70. The van der Waals surface area contributed by atoms with E-state index in [1.807, 2.05) is 30.7 Å². The van der Waals surface area contributed by atoms with Gasteiger partial charge in [0.05, 0.1) is 0 Å². The fraction of sp³-hybridized carbons (Fsp3) is 0.400. The summed E-state index contributed by atoms with van der Waals surface area (Å²) in [6.07, 6.45) is 6.72. The number of allylic oxidation sites excluding steroid dienone is 1. The summed E-state index contributed by atoms with van der Waals surface area (Å²) in [6, 6.07) is 5.98. The van der Waals surface area contributed by atoms with Gasteiger partial charge in [0.15, 0.2) is 17.3 Å². The summed E-state index contributed by atoms with van der Waals surface area (Å²) in [5.74, 6) is 2.29. The zero-order valence-electron chi connectivity index (χ0n) is 11.4. The number of hydrogen-bond acceptors (Lipinski definition) is 5. The van der Waals surface area contributed by atoms with Crippen molar-refractivity contribution in [1.29, 1.82) is 0 Å². The molecule has 1 aliphatic carbocycles. The van der Waals surface area contributed by atoms with Crippen LogP contribution in [0.25, 0.3) is 0 Å². The molecule has 20 heavy (non-hydrogen) atoms. The van der Waals surface area contributed by atoms with Gasteiger partial charge in [-0.05, 0) is 42.5 Å². The molecule has 3 nitrogen and oxygen atoms in total. The third kappa shape index (κ3) is 2.69. The summed E-state index contributed by atoms with van der Waals surface area (Å²) in [7, 11) is 0. The van der Waals surface area contributed by atoms with Crippen molar-refractivity contribution in [2.24, 2.45) is 5.92 Å². The Labute approximate surface area is 127 Å². The maximum Gasteiger partial charge on any atom is 0.231 e. The van der Waals surface area contributed by atoms with Gasteiger partial charge in [0.2, 0.25) is 6.79 Å². The van der Waals surface area contributed by atoms with Crippen molar-refractivity contribution in [2.45, 2.75) is 12.3 Å². The van der Waals surface area contributed by atoms with Gasteiger partial charge in [-0.25, -0.2) is 0 Å². The Morgan fingerprint density at radius 3 is 2.75 bits per heavy atom. The molecule has 1 aliphatic heterocycles. The van der Waals surface area contributed by atoms with E-state index in [9.17, 15) is 4.79 Å². The first-order chi connectivity index (χ1) is 9.72. The van der Waals surface area contributed by atoms with Gasteiger partial charge in [-0.2, -0.15) is 0 Å². The van der Waals surface area contributed by atoms with Crippen LogP contribution in [0.2, 0.25) is 0 Å². The average Bonchev–Trinajstić information content (AvgIpc) is 3.14. The monoisotopic (exact) mass is 308 g/mol. The van der Waals surface area contributed by atoms with Gasteiger partial charge in [0, 0.05) is 16.2 Å². The molecule has 1 aromatic carbocycles. The van der Waals surface area contributed by atoms with E-state index in [4.69, 9.17) is 9.47 Å². The van der Waals surface area contributed by atoms with E-state index in [-0.39, 0.29) is 11.7 Å². The molecule has 5 heteroatoms. The number of ketones is 1. The Kier molecular flexibility index (Phi) is 3.98. The number of ether oxygens (including phenoxy) is 2. The molecular formula is C15H16O3S2. The summed E-state index contributed by atoms with van der Waals surface area (Å²) in [4.78, 5) is 12.2. The third-order valence-electron chi connectivity index (χ3n) is 3.64. The minimum absolute atomic E-state index is 0.129. The first-order valence-corrected chi connectivity index (χ1v) is 8.91. The molecule has 1 fully saturated rings. The molecule has 0 bridgehead atoms. The third-order valence-corrected chi connectivity index (χ3v) is 5.68. The smallest absolute Gasteiger partial charge is 0.231 e. The van der Waals surface area contributed by atoms with Gasteiger partial charge >= 0.3 is 0 Å². The lowest BCUT2D eigenvalue weighted by molar-refractivity contribution is -0.115. The lowest BCUT2D eigenvalue weighted by Crippen LogP contribution is -1.98. The predicted molar refractivity (Wildman–Crippen MR) is 83.5 cm³/mol. The van der Waals surface area contributed by atoms with Crippen LogP contribution < -0.4 is 9.47 Å². The summed E-state index contributed by atoms with van der Waals surface area (Å²) >= 11 is 3.25. The van der Waals surface area contributed by atoms with Crippen LogP contribution in [0.15, 0.2) is 28.5 Å². The molecule has 1 saturated carbocycles. The van der Waals surface area contributed by atoms with Crippen LogP contribution in [0.1, 0.15) is 17.9 Å². The molecule has 0 aromatic heterocycles. The van der Waals surface area contributed by atoms with Gasteiger partial charge in [-0.15, -0.1) is 23.5 Å². The molecular weight excluding hydrogens is 292 g/mol. The zero-order valence-corrected chi connectivity index (χ0v) is 13.1. The zero-order chi connectivity index (χ0) is 14.1. The molecule has 0 N–H and O–H groups in total. The molecule has 0 radical (unpaired) electrons. The Morgan fingerprint density at radius 1 is 1.25 bits per heavy atom. The molecule has 2 unspecified atom stereocenters. The van der Waals surface area contributed by atoms with E-state index >= 15 is 0 Å². The van der Waals surface area contributed by atoms with Crippen LogP contribution in [-0.2, 0) is 4.79 Å². The van der Waals surface area contributed by atoms with Crippen LogP contribution in [0, 0.1) is 5.92 Å². The van der Waals surface area contributed by atoms with Gasteiger partial charge in [0.1, 0.15) is 0 Å². The molecule has 0 amide bonds.